The smallest absolute Gasteiger partial charge is 0.271 e. The summed E-state index contributed by atoms with van der Waals surface area (Å²) < 4.78 is 0. The van der Waals surface area contributed by atoms with Crippen molar-refractivity contribution in [2.45, 2.75) is 0 Å². The van der Waals surface area contributed by atoms with Crippen molar-refractivity contribution in [2.24, 2.45) is 10.2 Å². The van der Waals surface area contributed by atoms with E-state index >= 15 is 0 Å². The molecular formula is C12H8N4O5. The standard InChI is InChI=1S/C12H8N4O5/c17-12-6-5-10(16(20)21)7-11(12)14-13-8-1-3-9(4-2-8)15(18)19/h1-7,17H/b14-13+. The first kappa shape index (κ1) is 14.1. The fourth-order valence-corrected chi connectivity index (χ4v) is 1.46. The highest BCUT2D eigenvalue weighted by Crippen LogP contribution is 2.31. The second-order valence-corrected chi connectivity index (χ2v) is 3.90. The van der Waals surface area contributed by atoms with E-state index in [9.17, 15) is 25.3 Å². The zero-order valence-electron chi connectivity index (χ0n) is 10.4. The van der Waals surface area contributed by atoms with Crippen molar-refractivity contribution >= 4 is 22.7 Å². The first-order valence-corrected chi connectivity index (χ1v) is 5.61. The zero-order valence-corrected chi connectivity index (χ0v) is 10.4. The molecule has 0 saturated carbocycles. The summed E-state index contributed by atoms with van der Waals surface area (Å²) in [5.41, 5.74) is -0.0772. The number of nitrogens with zero attached hydrogens (tertiary/aromatic N) is 4. The average molecular weight is 288 g/mol. The Bertz CT molecular complexity index is 727. The molecule has 0 amide bonds. The molecule has 9 nitrogen and oxygen atoms in total. The van der Waals surface area contributed by atoms with Crippen molar-refractivity contribution in [2.75, 3.05) is 0 Å². The van der Waals surface area contributed by atoms with Gasteiger partial charge in [0.2, 0.25) is 0 Å². The molecule has 0 aliphatic rings. The van der Waals surface area contributed by atoms with E-state index in [1.165, 1.54) is 24.3 Å². The van der Waals surface area contributed by atoms with Crippen LogP contribution in [0.5, 0.6) is 5.75 Å². The van der Waals surface area contributed by atoms with Gasteiger partial charge in [-0.3, -0.25) is 20.2 Å². The van der Waals surface area contributed by atoms with E-state index in [0.29, 0.717) is 5.69 Å². The van der Waals surface area contributed by atoms with Crippen LogP contribution < -0.4 is 0 Å². The minimum absolute atomic E-state index is 0.0671. The number of non-ortho nitro benzene ring substituents is 2. The number of rotatable bonds is 4. The first-order chi connectivity index (χ1) is 9.97. The van der Waals surface area contributed by atoms with Gasteiger partial charge in [0.1, 0.15) is 11.4 Å². The monoisotopic (exact) mass is 288 g/mol. The molecule has 1 N–H and O–H groups in total. The molecule has 106 valence electrons. The summed E-state index contributed by atoms with van der Waals surface area (Å²) in [6.45, 7) is 0. The lowest BCUT2D eigenvalue weighted by atomic mass is 10.2. The van der Waals surface area contributed by atoms with Gasteiger partial charge in [0.05, 0.1) is 15.5 Å². The zero-order chi connectivity index (χ0) is 15.4. The van der Waals surface area contributed by atoms with Crippen LogP contribution in [-0.4, -0.2) is 15.0 Å². The van der Waals surface area contributed by atoms with E-state index < -0.39 is 9.85 Å². The fourth-order valence-electron chi connectivity index (χ4n) is 1.46. The van der Waals surface area contributed by atoms with E-state index in [4.69, 9.17) is 0 Å². The van der Waals surface area contributed by atoms with Crippen LogP contribution in [0.25, 0.3) is 0 Å². The summed E-state index contributed by atoms with van der Waals surface area (Å²) in [5.74, 6) is -0.258. The predicted octanol–water partition coefficient (Wildman–Crippen LogP) is 3.62. The van der Waals surface area contributed by atoms with Gasteiger partial charge in [-0.1, -0.05) is 0 Å². The summed E-state index contributed by atoms with van der Waals surface area (Å²) in [6.07, 6.45) is 0. The third kappa shape index (κ3) is 3.35. The number of benzene rings is 2. The molecule has 2 aromatic carbocycles. The van der Waals surface area contributed by atoms with Crippen molar-refractivity contribution in [3.63, 3.8) is 0 Å². The second kappa shape index (κ2) is 5.74. The lowest BCUT2D eigenvalue weighted by Gasteiger charge is -1.98. The highest BCUT2D eigenvalue weighted by atomic mass is 16.6. The van der Waals surface area contributed by atoms with Crippen LogP contribution in [0.4, 0.5) is 22.7 Å². The van der Waals surface area contributed by atoms with E-state index in [1.54, 1.807) is 0 Å². The number of nitro benzene ring substituents is 2. The maximum absolute atomic E-state index is 10.6. The molecular weight excluding hydrogens is 280 g/mol. The fraction of sp³-hybridized carbons (Fsp3) is 0. The average Bonchev–Trinajstić information content (AvgIpc) is 2.46. The minimum atomic E-state index is -0.621. The van der Waals surface area contributed by atoms with Gasteiger partial charge in [-0.25, -0.2) is 0 Å². The molecule has 9 heteroatoms. The quantitative estimate of drug-likeness (QED) is 0.521. The van der Waals surface area contributed by atoms with Crippen molar-refractivity contribution in [3.05, 3.63) is 62.7 Å². The Kier molecular flexibility index (Phi) is 3.84. The number of hydrogen-bond acceptors (Lipinski definition) is 7. The van der Waals surface area contributed by atoms with E-state index in [1.807, 2.05) is 0 Å². The van der Waals surface area contributed by atoms with Crippen molar-refractivity contribution in [3.8, 4) is 5.75 Å². The van der Waals surface area contributed by atoms with Crippen LogP contribution in [0.15, 0.2) is 52.7 Å². The molecule has 0 saturated heterocycles. The molecule has 0 aromatic heterocycles. The number of nitro groups is 2. The highest BCUT2D eigenvalue weighted by molar-refractivity contribution is 5.57. The summed E-state index contributed by atoms with van der Waals surface area (Å²) in [5, 5.41) is 38.1. The Labute approximate surface area is 117 Å². The normalized spacial score (nSPS) is 10.7. The van der Waals surface area contributed by atoms with Crippen molar-refractivity contribution < 1.29 is 15.0 Å². The van der Waals surface area contributed by atoms with Crippen LogP contribution in [0, 0.1) is 20.2 Å². The minimum Gasteiger partial charge on any atom is -0.506 e. The van der Waals surface area contributed by atoms with Crippen LogP contribution in [0.2, 0.25) is 0 Å². The van der Waals surface area contributed by atoms with Crippen LogP contribution in [-0.2, 0) is 0 Å². The van der Waals surface area contributed by atoms with Gasteiger partial charge in [0.15, 0.2) is 0 Å². The van der Waals surface area contributed by atoms with Gasteiger partial charge in [-0.05, 0) is 18.2 Å². The Morgan fingerprint density at radius 1 is 0.857 bits per heavy atom. The van der Waals surface area contributed by atoms with Crippen LogP contribution in [0.1, 0.15) is 0 Å². The van der Waals surface area contributed by atoms with E-state index in [2.05, 4.69) is 10.2 Å². The number of phenolic OH excluding ortho intramolecular Hbond substituents is 1. The third-order valence-electron chi connectivity index (χ3n) is 2.50. The molecule has 2 aromatic rings. The topological polar surface area (TPSA) is 131 Å². The molecule has 0 spiro atoms. The molecule has 0 atom stereocenters. The molecule has 0 bridgehead atoms. The Morgan fingerprint density at radius 2 is 1.43 bits per heavy atom. The summed E-state index contributed by atoms with van der Waals surface area (Å²) in [6, 6.07) is 8.60. The maximum Gasteiger partial charge on any atom is 0.271 e. The van der Waals surface area contributed by atoms with Gasteiger partial charge in [0, 0.05) is 24.3 Å². The maximum atomic E-state index is 10.6. The molecule has 0 heterocycles. The van der Waals surface area contributed by atoms with Crippen LogP contribution in [0.3, 0.4) is 0 Å². The van der Waals surface area contributed by atoms with E-state index in [0.717, 1.165) is 18.2 Å². The van der Waals surface area contributed by atoms with Gasteiger partial charge in [-0.2, -0.15) is 5.11 Å². The Hall–Kier alpha value is -3.36. The summed E-state index contributed by atoms with van der Waals surface area (Å²) >= 11 is 0. The molecule has 0 fully saturated rings. The molecule has 0 aliphatic carbocycles. The third-order valence-corrected chi connectivity index (χ3v) is 2.50. The lowest BCUT2D eigenvalue weighted by Crippen LogP contribution is -1.86. The SMILES string of the molecule is O=[N+]([O-])c1ccc(/N=N/c2cc([N+](=O)[O-])ccc2O)cc1. The number of aromatic hydroxyl groups is 1. The number of phenols is 1. The highest BCUT2D eigenvalue weighted by Gasteiger charge is 2.10. The van der Waals surface area contributed by atoms with Gasteiger partial charge in [-0.15, -0.1) is 5.11 Å². The molecule has 21 heavy (non-hydrogen) atoms. The van der Waals surface area contributed by atoms with Crippen LogP contribution >= 0.6 is 0 Å². The number of azo groups is 1. The largest absolute Gasteiger partial charge is 0.506 e. The molecule has 0 radical (unpaired) electrons. The Morgan fingerprint density at radius 3 is 2.00 bits per heavy atom. The van der Waals surface area contributed by atoms with Gasteiger partial charge < -0.3 is 5.11 Å². The molecule has 0 unspecified atom stereocenters. The first-order valence-electron chi connectivity index (χ1n) is 5.61. The van der Waals surface area contributed by atoms with Gasteiger partial charge >= 0.3 is 0 Å². The predicted molar refractivity (Wildman–Crippen MR) is 72.0 cm³/mol. The number of hydrogen-bond donors (Lipinski definition) is 1. The van der Waals surface area contributed by atoms with Crippen molar-refractivity contribution in [1.82, 2.24) is 0 Å². The summed E-state index contributed by atoms with van der Waals surface area (Å²) in [4.78, 5) is 20.0. The second-order valence-electron chi connectivity index (χ2n) is 3.90. The van der Waals surface area contributed by atoms with E-state index in [-0.39, 0.29) is 22.8 Å². The molecule has 2 rings (SSSR count). The van der Waals surface area contributed by atoms with Gasteiger partial charge in [0.25, 0.3) is 11.4 Å². The summed E-state index contributed by atoms with van der Waals surface area (Å²) in [7, 11) is 0. The lowest BCUT2D eigenvalue weighted by molar-refractivity contribution is -0.385. The molecule has 0 aliphatic heterocycles. The Balaban J connectivity index is 2.26. The van der Waals surface area contributed by atoms with Crippen molar-refractivity contribution in [1.29, 1.82) is 0 Å².